The molecule has 1 rings (SSSR count). The van der Waals surface area contributed by atoms with Crippen LogP contribution in [0.2, 0.25) is 36.3 Å². The molecule has 0 spiro atoms. The number of hydrogen-bond acceptors (Lipinski definition) is 4. The molecule has 0 aromatic rings. The Kier molecular flexibility index (Phi) is 11.6. The van der Waals surface area contributed by atoms with E-state index in [0.717, 1.165) is 6.42 Å². The highest BCUT2D eigenvalue weighted by atomic mass is 28.4. The predicted molar refractivity (Wildman–Crippen MR) is 150 cm³/mol. The molecule has 0 bridgehead atoms. The van der Waals surface area contributed by atoms with Crippen LogP contribution in [-0.2, 0) is 13.9 Å². The molecule has 1 heterocycles. The van der Waals surface area contributed by atoms with Gasteiger partial charge in [-0.15, -0.1) is 0 Å². The number of nitrogens with zero attached hydrogens (tertiary/aromatic N) is 1. The molecule has 1 aliphatic heterocycles. The van der Waals surface area contributed by atoms with Gasteiger partial charge < -0.3 is 13.9 Å². The Bertz CT molecular complexity index is 655. The molecule has 1 amide bonds. The third-order valence-electron chi connectivity index (χ3n) is 7.03. The number of rotatable bonds is 11. The Morgan fingerprint density at radius 1 is 1.06 bits per heavy atom. The van der Waals surface area contributed by atoms with Gasteiger partial charge in [0, 0.05) is 0 Å². The molecule has 2 atom stereocenters. The summed E-state index contributed by atoms with van der Waals surface area (Å²) in [7, 11) is -3.97. The summed E-state index contributed by atoms with van der Waals surface area (Å²) in [5, 5.41) is 1.42. The second-order valence-corrected chi connectivity index (χ2v) is 23.4. The minimum atomic E-state index is -2.21. The number of allylic oxidation sites excluding steroid dienone is 1. The van der Waals surface area contributed by atoms with E-state index in [9.17, 15) is 4.79 Å². The summed E-state index contributed by atoms with van der Waals surface area (Å²) < 4.78 is 19.2. The molecule has 34 heavy (non-hydrogen) atoms. The van der Waals surface area contributed by atoms with Crippen LogP contribution in [0.5, 0.6) is 0 Å². The number of carbonyl (C=O) groups excluding carboxylic acids is 1. The minimum Gasteiger partial charge on any atom is -0.444 e. The van der Waals surface area contributed by atoms with Crippen molar-refractivity contribution in [3.63, 3.8) is 0 Å². The zero-order valence-corrected chi connectivity index (χ0v) is 26.6. The molecule has 0 saturated carbocycles. The van der Waals surface area contributed by atoms with Crippen molar-refractivity contribution in [1.82, 2.24) is 4.90 Å². The molecule has 7 heteroatoms. The van der Waals surface area contributed by atoms with E-state index in [-0.39, 0.29) is 25.0 Å². The highest BCUT2D eigenvalue weighted by Gasteiger charge is 2.51. The lowest BCUT2D eigenvalue weighted by atomic mass is 10.1. The fourth-order valence-corrected chi connectivity index (χ4v) is 13.0. The predicted octanol–water partition coefficient (Wildman–Crippen LogP) is 8.13. The van der Waals surface area contributed by atoms with Crippen molar-refractivity contribution in [1.29, 1.82) is 0 Å². The van der Waals surface area contributed by atoms with Gasteiger partial charge in [0.25, 0.3) is 0 Å². The van der Waals surface area contributed by atoms with Crippen LogP contribution >= 0.6 is 0 Å². The molecule has 1 aliphatic rings. The van der Waals surface area contributed by atoms with Gasteiger partial charge in [-0.1, -0.05) is 92.2 Å². The van der Waals surface area contributed by atoms with Gasteiger partial charge in [0.2, 0.25) is 8.32 Å². The molecule has 0 aromatic carbocycles. The maximum absolute atomic E-state index is 13.2. The van der Waals surface area contributed by atoms with Crippen molar-refractivity contribution in [2.45, 2.75) is 143 Å². The van der Waals surface area contributed by atoms with Gasteiger partial charge in [0.15, 0.2) is 0 Å². The standard InChI is InChI=1S/C27H55NO4Si2/c1-14-15-16-17-24(33(11,12)13)25(32-34(20(2)3,21(4)5)22(6)7)23-18-30-19-28(23)26(29)31-27(8,9)10/h17,20-23,25H,14-16,18-19H2,1-13H3/b24-17+/t23-,25-/m0/s1. The summed E-state index contributed by atoms with van der Waals surface area (Å²) in [4.78, 5) is 15.0. The van der Waals surface area contributed by atoms with E-state index in [1.165, 1.54) is 18.0 Å². The van der Waals surface area contributed by atoms with Crippen LogP contribution in [0.25, 0.3) is 0 Å². The largest absolute Gasteiger partial charge is 0.444 e. The molecule has 1 fully saturated rings. The van der Waals surface area contributed by atoms with E-state index >= 15 is 0 Å². The van der Waals surface area contributed by atoms with E-state index in [2.05, 4.69) is 74.2 Å². The third-order valence-corrected chi connectivity index (χ3v) is 15.3. The molecule has 0 aromatic heterocycles. The maximum atomic E-state index is 13.2. The van der Waals surface area contributed by atoms with Gasteiger partial charge >= 0.3 is 6.09 Å². The van der Waals surface area contributed by atoms with Crippen LogP contribution in [0.1, 0.15) is 88.5 Å². The zero-order valence-electron chi connectivity index (χ0n) is 24.6. The van der Waals surface area contributed by atoms with E-state index in [0.29, 0.717) is 23.2 Å². The second-order valence-electron chi connectivity index (χ2n) is 12.9. The fourth-order valence-electron chi connectivity index (χ4n) is 5.51. The molecule has 5 nitrogen and oxygen atoms in total. The van der Waals surface area contributed by atoms with Gasteiger partial charge in [-0.05, 0) is 43.8 Å². The zero-order chi connectivity index (χ0) is 26.5. The number of hydrogen-bond donors (Lipinski definition) is 0. The molecule has 1 saturated heterocycles. The van der Waals surface area contributed by atoms with Crippen molar-refractivity contribution in [3.05, 3.63) is 11.3 Å². The number of unbranched alkanes of at least 4 members (excludes halogenated alkanes) is 2. The highest BCUT2D eigenvalue weighted by molar-refractivity contribution is 6.83. The van der Waals surface area contributed by atoms with Gasteiger partial charge in [-0.3, -0.25) is 4.90 Å². The first-order chi connectivity index (χ1) is 15.5. The minimum absolute atomic E-state index is 0.155. The molecule has 0 unspecified atom stereocenters. The quantitative estimate of drug-likeness (QED) is 0.207. The molecule has 0 N–H and O–H groups in total. The normalized spacial score (nSPS) is 19.5. The number of carbonyl (C=O) groups is 1. The molecular formula is C27H55NO4Si2. The summed E-state index contributed by atoms with van der Waals surface area (Å²) in [6.07, 6.45) is 5.37. The lowest BCUT2D eigenvalue weighted by molar-refractivity contribution is 0.00810. The second kappa shape index (κ2) is 12.6. The first-order valence-corrected chi connectivity index (χ1v) is 19.1. The van der Waals surface area contributed by atoms with Crippen molar-refractivity contribution in [2.75, 3.05) is 13.3 Å². The van der Waals surface area contributed by atoms with Crippen molar-refractivity contribution >= 4 is 22.5 Å². The van der Waals surface area contributed by atoms with Crippen LogP contribution in [0.4, 0.5) is 4.79 Å². The summed E-state index contributed by atoms with van der Waals surface area (Å²) in [6, 6.07) is -0.169. The van der Waals surface area contributed by atoms with Crippen molar-refractivity contribution in [3.8, 4) is 0 Å². The van der Waals surface area contributed by atoms with Gasteiger partial charge in [0.1, 0.15) is 12.3 Å². The lowest BCUT2D eigenvalue weighted by Gasteiger charge is -2.48. The topological polar surface area (TPSA) is 48.0 Å². The summed E-state index contributed by atoms with van der Waals surface area (Å²) in [5.74, 6) is 0. The van der Waals surface area contributed by atoms with E-state index < -0.39 is 22.0 Å². The van der Waals surface area contributed by atoms with Crippen molar-refractivity contribution < 1.29 is 18.7 Å². The van der Waals surface area contributed by atoms with E-state index in [1.807, 2.05) is 20.8 Å². The summed E-state index contributed by atoms with van der Waals surface area (Å²) in [6.45, 7) is 29.9. The van der Waals surface area contributed by atoms with Crippen LogP contribution < -0.4 is 0 Å². The Hall–Kier alpha value is -0.636. The molecule has 200 valence electrons. The average Bonchev–Trinajstić information content (AvgIpc) is 3.13. The first-order valence-electron chi connectivity index (χ1n) is 13.4. The Morgan fingerprint density at radius 2 is 1.59 bits per heavy atom. The summed E-state index contributed by atoms with van der Waals surface area (Å²) >= 11 is 0. The summed E-state index contributed by atoms with van der Waals surface area (Å²) in [5.41, 5.74) is 0.841. The smallest absolute Gasteiger partial charge is 0.412 e. The molecular weight excluding hydrogens is 458 g/mol. The monoisotopic (exact) mass is 513 g/mol. The van der Waals surface area contributed by atoms with Crippen LogP contribution in [-0.4, -0.2) is 58.5 Å². The van der Waals surface area contributed by atoms with E-state index in [4.69, 9.17) is 13.9 Å². The van der Waals surface area contributed by atoms with E-state index in [1.54, 1.807) is 4.90 Å². The third kappa shape index (κ3) is 7.94. The SMILES string of the molecule is CCCC/C=C(\[C@@H](O[Si](C(C)C)(C(C)C)C(C)C)[C@@H]1COCN1C(=O)OC(C)(C)C)[Si](C)(C)C. The van der Waals surface area contributed by atoms with Crippen LogP contribution in [0, 0.1) is 0 Å². The van der Waals surface area contributed by atoms with Gasteiger partial charge in [-0.25, -0.2) is 4.79 Å². The van der Waals surface area contributed by atoms with Crippen LogP contribution in [0.15, 0.2) is 11.3 Å². The fraction of sp³-hybridized carbons (Fsp3) is 0.889. The Labute approximate surface area is 213 Å². The highest BCUT2D eigenvalue weighted by Crippen LogP contribution is 2.45. The molecule has 0 aliphatic carbocycles. The van der Waals surface area contributed by atoms with Crippen molar-refractivity contribution in [2.24, 2.45) is 0 Å². The van der Waals surface area contributed by atoms with Gasteiger partial charge in [-0.2, -0.15) is 0 Å². The number of ether oxygens (including phenoxy) is 2. The van der Waals surface area contributed by atoms with Gasteiger partial charge in [0.05, 0.1) is 26.8 Å². The van der Waals surface area contributed by atoms with Crippen LogP contribution in [0.3, 0.4) is 0 Å². The number of amides is 1. The Morgan fingerprint density at radius 3 is 2.00 bits per heavy atom. The molecule has 0 radical (unpaired) electrons. The average molecular weight is 514 g/mol. The maximum Gasteiger partial charge on any atom is 0.412 e. The first kappa shape index (κ1) is 31.4. The lowest BCUT2D eigenvalue weighted by Crippen LogP contribution is -2.58. The Balaban J connectivity index is 3.64.